The van der Waals surface area contributed by atoms with Gasteiger partial charge in [-0.15, -0.1) is 0 Å². The van der Waals surface area contributed by atoms with Crippen molar-refractivity contribution in [1.29, 1.82) is 0 Å². The monoisotopic (exact) mass is 268 g/mol. The lowest BCUT2D eigenvalue weighted by molar-refractivity contribution is -0.109. The third kappa shape index (κ3) is 4.75. The number of carbonyl (C=O) groups is 2. The molecule has 0 spiro atoms. The average molecular weight is 269 g/mol. The number of carbonyl (C=O) groups excluding carboxylic acids is 2. The molecule has 0 aromatic heterocycles. The van der Waals surface area contributed by atoms with Crippen LogP contribution >= 0.6 is 23.4 Å². The highest BCUT2D eigenvalue weighted by Crippen LogP contribution is 2.20. The minimum atomic E-state index is 0.115. The van der Waals surface area contributed by atoms with Crippen LogP contribution in [0.3, 0.4) is 0 Å². The van der Waals surface area contributed by atoms with E-state index in [0.29, 0.717) is 10.6 Å². The second-order valence-corrected chi connectivity index (χ2v) is 5.07. The van der Waals surface area contributed by atoms with Crippen LogP contribution in [0, 0.1) is 0 Å². The summed E-state index contributed by atoms with van der Waals surface area (Å²) in [7, 11) is 0. The van der Waals surface area contributed by atoms with Gasteiger partial charge in [0.25, 0.3) is 0 Å². The van der Waals surface area contributed by atoms with Crippen LogP contribution in [-0.2, 0) is 4.79 Å². The number of allylic oxidation sites excluding steroid dienone is 1. The number of thioether (sulfide) groups is 1. The fourth-order valence-corrected chi connectivity index (χ4v) is 2.09. The first kappa shape index (κ1) is 14.0. The zero-order valence-corrected chi connectivity index (χ0v) is 11.1. The lowest BCUT2D eigenvalue weighted by Gasteiger charge is -2.01. The summed E-state index contributed by atoms with van der Waals surface area (Å²) in [5.74, 6) is 0.743. The molecule has 0 unspecified atom stereocenters. The summed E-state index contributed by atoms with van der Waals surface area (Å²) in [4.78, 5) is 21.5. The van der Waals surface area contributed by atoms with Crippen LogP contribution in [-0.4, -0.2) is 17.2 Å². The molecule has 0 bridgehead atoms. The van der Waals surface area contributed by atoms with Crippen molar-refractivity contribution in [2.45, 2.75) is 13.3 Å². The smallest absolute Gasteiger partial charge is 0.185 e. The first-order valence-electron chi connectivity index (χ1n) is 5.18. The summed E-state index contributed by atoms with van der Waals surface area (Å²) in [5.41, 5.74) is 1.31. The van der Waals surface area contributed by atoms with Gasteiger partial charge in [0.2, 0.25) is 0 Å². The van der Waals surface area contributed by atoms with E-state index >= 15 is 0 Å². The molecule has 0 N–H and O–H groups in total. The molecule has 2 nitrogen and oxygen atoms in total. The predicted octanol–water partition coefficient (Wildman–Crippen LogP) is 3.84. The van der Waals surface area contributed by atoms with Crippen LogP contribution in [0.4, 0.5) is 0 Å². The Bertz CT molecular complexity index is 441. The molecular weight excluding hydrogens is 256 g/mol. The standard InChI is InChI=1S/C13H13ClO2S/c1-10(16)17-8-3-2-6-12-11(9-15)5-4-7-13(12)14/h2,4-7,9H,3,8H2,1H3. The molecule has 0 saturated heterocycles. The first-order valence-corrected chi connectivity index (χ1v) is 6.55. The van der Waals surface area contributed by atoms with E-state index in [1.54, 1.807) is 25.1 Å². The summed E-state index contributed by atoms with van der Waals surface area (Å²) >= 11 is 7.29. The molecule has 0 aliphatic carbocycles. The molecular formula is C13H13ClO2S. The Balaban J connectivity index is 2.64. The molecule has 4 heteroatoms. The van der Waals surface area contributed by atoms with Crippen LogP contribution in [0.15, 0.2) is 24.3 Å². The molecule has 0 atom stereocenters. The Morgan fingerprint density at radius 1 is 1.47 bits per heavy atom. The Morgan fingerprint density at radius 2 is 2.24 bits per heavy atom. The number of hydrogen-bond donors (Lipinski definition) is 0. The number of halogens is 1. The number of hydrogen-bond acceptors (Lipinski definition) is 3. The lowest BCUT2D eigenvalue weighted by Crippen LogP contribution is -1.87. The van der Waals surface area contributed by atoms with Gasteiger partial charge in [0.15, 0.2) is 11.4 Å². The topological polar surface area (TPSA) is 34.1 Å². The Kier molecular flexibility index (Phi) is 6.01. The molecule has 0 saturated carbocycles. The van der Waals surface area contributed by atoms with Gasteiger partial charge >= 0.3 is 0 Å². The van der Waals surface area contributed by atoms with Crippen molar-refractivity contribution in [2.24, 2.45) is 0 Å². The van der Waals surface area contributed by atoms with Gasteiger partial charge in [-0.1, -0.05) is 47.6 Å². The summed E-state index contributed by atoms with van der Waals surface area (Å²) in [5, 5.41) is 0.676. The minimum Gasteiger partial charge on any atom is -0.298 e. The normalized spacial score (nSPS) is 10.7. The maximum atomic E-state index is 10.8. The highest BCUT2D eigenvalue weighted by molar-refractivity contribution is 8.13. The SMILES string of the molecule is CC(=O)SCCC=Cc1c(Cl)cccc1C=O. The highest BCUT2D eigenvalue weighted by Gasteiger charge is 2.02. The Labute approximate surface area is 110 Å². The van der Waals surface area contributed by atoms with E-state index in [1.807, 2.05) is 12.2 Å². The van der Waals surface area contributed by atoms with E-state index < -0.39 is 0 Å². The van der Waals surface area contributed by atoms with Gasteiger partial charge in [0.1, 0.15) is 0 Å². The number of aldehydes is 1. The fraction of sp³-hybridized carbons (Fsp3) is 0.231. The minimum absolute atomic E-state index is 0.115. The third-order valence-corrected chi connectivity index (χ3v) is 3.26. The van der Waals surface area contributed by atoms with Crippen molar-refractivity contribution in [3.8, 4) is 0 Å². The highest BCUT2D eigenvalue weighted by atomic mass is 35.5. The number of rotatable bonds is 5. The molecule has 0 fully saturated rings. The quantitative estimate of drug-likeness (QED) is 0.601. The van der Waals surface area contributed by atoms with E-state index in [9.17, 15) is 9.59 Å². The van der Waals surface area contributed by atoms with Gasteiger partial charge in [-0.05, 0) is 12.5 Å². The van der Waals surface area contributed by atoms with Gasteiger partial charge in [-0.25, -0.2) is 0 Å². The first-order chi connectivity index (χ1) is 8.15. The molecule has 1 aromatic carbocycles. The second-order valence-electron chi connectivity index (χ2n) is 3.39. The zero-order chi connectivity index (χ0) is 12.7. The van der Waals surface area contributed by atoms with Crippen molar-refractivity contribution in [1.82, 2.24) is 0 Å². The molecule has 0 aliphatic heterocycles. The van der Waals surface area contributed by atoms with E-state index in [4.69, 9.17) is 11.6 Å². The third-order valence-electron chi connectivity index (χ3n) is 2.09. The van der Waals surface area contributed by atoms with E-state index in [2.05, 4.69) is 0 Å². The van der Waals surface area contributed by atoms with Crippen LogP contribution < -0.4 is 0 Å². The molecule has 0 amide bonds. The molecule has 0 radical (unpaired) electrons. The molecule has 0 heterocycles. The average Bonchev–Trinajstić information content (AvgIpc) is 2.30. The van der Waals surface area contributed by atoms with Gasteiger partial charge in [0.05, 0.1) is 0 Å². The van der Waals surface area contributed by atoms with Gasteiger partial charge < -0.3 is 0 Å². The molecule has 1 rings (SSSR count). The van der Waals surface area contributed by atoms with Crippen LogP contribution in [0.2, 0.25) is 5.02 Å². The Hall–Kier alpha value is -1.06. The Morgan fingerprint density at radius 3 is 2.88 bits per heavy atom. The van der Waals surface area contributed by atoms with Crippen molar-refractivity contribution >= 4 is 40.8 Å². The summed E-state index contributed by atoms with van der Waals surface area (Å²) in [6.45, 7) is 1.55. The van der Waals surface area contributed by atoms with Crippen molar-refractivity contribution in [3.63, 3.8) is 0 Å². The van der Waals surface area contributed by atoms with E-state index in [0.717, 1.165) is 24.0 Å². The van der Waals surface area contributed by atoms with Gasteiger partial charge in [-0.3, -0.25) is 9.59 Å². The van der Waals surface area contributed by atoms with Crippen LogP contribution in [0.5, 0.6) is 0 Å². The maximum Gasteiger partial charge on any atom is 0.185 e. The molecule has 90 valence electrons. The van der Waals surface area contributed by atoms with E-state index in [-0.39, 0.29) is 5.12 Å². The lowest BCUT2D eigenvalue weighted by atomic mass is 10.1. The molecule has 1 aromatic rings. The van der Waals surface area contributed by atoms with Gasteiger partial charge in [-0.2, -0.15) is 0 Å². The zero-order valence-electron chi connectivity index (χ0n) is 9.48. The largest absolute Gasteiger partial charge is 0.298 e. The van der Waals surface area contributed by atoms with Crippen molar-refractivity contribution in [2.75, 3.05) is 5.75 Å². The van der Waals surface area contributed by atoms with Crippen molar-refractivity contribution in [3.05, 3.63) is 40.4 Å². The second kappa shape index (κ2) is 7.30. The van der Waals surface area contributed by atoms with Crippen LogP contribution in [0.25, 0.3) is 6.08 Å². The fourth-order valence-electron chi connectivity index (χ4n) is 1.30. The summed E-state index contributed by atoms with van der Waals surface area (Å²) < 4.78 is 0. The van der Waals surface area contributed by atoms with Crippen molar-refractivity contribution < 1.29 is 9.59 Å². The summed E-state index contributed by atoms with van der Waals surface area (Å²) in [6.07, 6.45) is 5.31. The van der Waals surface area contributed by atoms with Crippen LogP contribution in [0.1, 0.15) is 29.3 Å². The molecule has 17 heavy (non-hydrogen) atoms. The van der Waals surface area contributed by atoms with E-state index in [1.165, 1.54) is 11.8 Å². The maximum absolute atomic E-state index is 10.8. The van der Waals surface area contributed by atoms with Gasteiger partial charge in [0, 0.05) is 28.8 Å². The number of benzene rings is 1. The predicted molar refractivity (Wildman–Crippen MR) is 73.6 cm³/mol. The molecule has 0 aliphatic rings. The summed E-state index contributed by atoms with van der Waals surface area (Å²) in [6, 6.07) is 5.22.